The minimum absolute atomic E-state index is 0.0650. The fourth-order valence-electron chi connectivity index (χ4n) is 3.02. The van der Waals surface area contributed by atoms with Gasteiger partial charge in [0.1, 0.15) is 12.6 Å². The Balaban J connectivity index is 2.39. The largest absolute Gasteiger partial charge is 0.352 e. The molecule has 174 valence electrons. The van der Waals surface area contributed by atoms with Crippen molar-refractivity contribution in [1.29, 1.82) is 0 Å². The molecule has 1 atom stereocenters. The normalized spacial score (nSPS) is 12.3. The molecule has 10 heteroatoms. The van der Waals surface area contributed by atoms with E-state index in [9.17, 15) is 18.0 Å². The molecule has 0 aliphatic carbocycles. The molecule has 0 bridgehead atoms. The predicted molar refractivity (Wildman–Crippen MR) is 136 cm³/mol. The topological polar surface area (TPSA) is 86.8 Å². The van der Waals surface area contributed by atoms with Gasteiger partial charge in [-0.3, -0.25) is 13.9 Å². The summed E-state index contributed by atoms with van der Waals surface area (Å²) < 4.78 is 27.0. The number of rotatable bonds is 9. The quantitative estimate of drug-likeness (QED) is 0.451. The molecule has 0 radical (unpaired) electrons. The molecule has 0 aliphatic heterocycles. The maximum absolute atomic E-state index is 13.4. The van der Waals surface area contributed by atoms with E-state index in [2.05, 4.69) is 27.9 Å². The van der Waals surface area contributed by atoms with E-state index in [-0.39, 0.29) is 18.5 Å². The smallest absolute Gasteiger partial charge is 0.244 e. The SMILES string of the molecule is CC(C)NC(=O)C(C)N(Cc1ccccc1Cl)C(=O)CN(c1ccc(I)cc1)S(C)(=O)=O. The van der Waals surface area contributed by atoms with E-state index < -0.39 is 28.5 Å². The highest BCUT2D eigenvalue weighted by Gasteiger charge is 2.30. The molecule has 2 amide bonds. The van der Waals surface area contributed by atoms with Gasteiger partial charge in [-0.1, -0.05) is 29.8 Å². The van der Waals surface area contributed by atoms with Crippen molar-refractivity contribution in [1.82, 2.24) is 10.2 Å². The molecule has 0 spiro atoms. The van der Waals surface area contributed by atoms with Crippen LogP contribution in [0.4, 0.5) is 5.69 Å². The van der Waals surface area contributed by atoms with E-state index in [0.717, 1.165) is 14.1 Å². The number of sulfonamides is 1. The van der Waals surface area contributed by atoms with Crippen molar-refractivity contribution in [3.05, 3.63) is 62.7 Å². The third-order valence-corrected chi connectivity index (χ3v) is 6.92. The summed E-state index contributed by atoms with van der Waals surface area (Å²) in [7, 11) is -3.75. The van der Waals surface area contributed by atoms with Gasteiger partial charge in [0.15, 0.2) is 0 Å². The Hall–Kier alpha value is -1.85. The van der Waals surface area contributed by atoms with Crippen molar-refractivity contribution in [2.75, 3.05) is 17.1 Å². The summed E-state index contributed by atoms with van der Waals surface area (Å²) in [4.78, 5) is 27.4. The molecule has 0 saturated heterocycles. The summed E-state index contributed by atoms with van der Waals surface area (Å²) in [6.07, 6.45) is 1.05. The molecule has 32 heavy (non-hydrogen) atoms. The van der Waals surface area contributed by atoms with Crippen LogP contribution in [0.5, 0.6) is 0 Å². The summed E-state index contributed by atoms with van der Waals surface area (Å²) in [5.74, 6) is -0.846. The second kappa shape index (κ2) is 11.3. The molecule has 0 fully saturated rings. The summed E-state index contributed by atoms with van der Waals surface area (Å²) in [5.41, 5.74) is 1.03. The van der Waals surface area contributed by atoms with Gasteiger partial charge in [0, 0.05) is 21.2 Å². The molecule has 0 aliphatic rings. The van der Waals surface area contributed by atoms with Gasteiger partial charge in [-0.15, -0.1) is 0 Å². The molecular formula is C22H27ClIN3O4S. The first-order chi connectivity index (χ1) is 14.9. The van der Waals surface area contributed by atoms with Crippen LogP contribution in [0.25, 0.3) is 0 Å². The van der Waals surface area contributed by atoms with Crippen molar-refractivity contribution in [3.8, 4) is 0 Å². The van der Waals surface area contributed by atoms with Crippen LogP contribution in [-0.4, -0.2) is 50.0 Å². The zero-order chi connectivity index (χ0) is 24.1. The maximum atomic E-state index is 13.4. The molecule has 1 N–H and O–H groups in total. The van der Waals surface area contributed by atoms with Crippen LogP contribution in [0.15, 0.2) is 48.5 Å². The van der Waals surface area contributed by atoms with Crippen LogP contribution in [-0.2, 0) is 26.2 Å². The molecule has 2 aromatic rings. The summed E-state index contributed by atoms with van der Waals surface area (Å²) in [6, 6.07) is 12.9. The van der Waals surface area contributed by atoms with E-state index >= 15 is 0 Å². The fourth-order valence-corrected chi connectivity index (χ4v) is 4.42. The summed E-state index contributed by atoms with van der Waals surface area (Å²) >= 11 is 8.40. The van der Waals surface area contributed by atoms with Gasteiger partial charge in [-0.2, -0.15) is 0 Å². The van der Waals surface area contributed by atoms with Gasteiger partial charge in [-0.25, -0.2) is 8.42 Å². The molecule has 1 unspecified atom stereocenters. The zero-order valence-corrected chi connectivity index (χ0v) is 22.1. The van der Waals surface area contributed by atoms with Crippen LogP contribution in [0.2, 0.25) is 5.02 Å². The van der Waals surface area contributed by atoms with Crippen LogP contribution >= 0.6 is 34.2 Å². The zero-order valence-electron chi connectivity index (χ0n) is 18.4. The second-order valence-corrected chi connectivity index (χ2v) is 11.3. The van der Waals surface area contributed by atoms with E-state index in [4.69, 9.17) is 11.6 Å². The third-order valence-electron chi connectivity index (χ3n) is 4.69. The minimum atomic E-state index is -3.75. The number of nitrogens with one attached hydrogen (secondary N) is 1. The number of halogens is 2. The van der Waals surface area contributed by atoms with E-state index in [0.29, 0.717) is 16.3 Å². The number of carbonyl (C=O) groups is 2. The maximum Gasteiger partial charge on any atom is 0.244 e. The van der Waals surface area contributed by atoms with Gasteiger partial charge in [0.25, 0.3) is 0 Å². The first-order valence-electron chi connectivity index (χ1n) is 9.96. The standard InChI is InChI=1S/C22H27ClIN3O4S/c1-15(2)25-22(29)16(3)26(13-17-7-5-6-8-20(17)23)21(28)14-27(32(4,30)31)19-11-9-18(24)10-12-19/h5-12,15-16H,13-14H2,1-4H3,(H,25,29). The Morgan fingerprint density at radius 2 is 1.66 bits per heavy atom. The lowest BCUT2D eigenvalue weighted by molar-refractivity contribution is -0.139. The first kappa shape index (κ1) is 26.4. The number of anilines is 1. The molecule has 7 nitrogen and oxygen atoms in total. The van der Waals surface area contributed by atoms with Gasteiger partial charge >= 0.3 is 0 Å². The van der Waals surface area contributed by atoms with Crippen LogP contribution in [0.1, 0.15) is 26.3 Å². The number of carbonyl (C=O) groups excluding carboxylic acids is 2. The van der Waals surface area contributed by atoms with E-state index in [1.807, 2.05) is 13.8 Å². The molecule has 0 heterocycles. The van der Waals surface area contributed by atoms with Gasteiger partial charge in [0.2, 0.25) is 21.8 Å². The average Bonchev–Trinajstić information content (AvgIpc) is 2.70. The van der Waals surface area contributed by atoms with Crippen molar-refractivity contribution >= 4 is 61.7 Å². The Kier molecular flexibility index (Phi) is 9.35. The molecule has 0 aromatic heterocycles. The molecule has 0 saturated carbocycles. The molecule has 2 rings (SSSR count). The van der Waals surface area contributed by atoms with Crippen LogP contribution < -0.4 is 9.62 Å². The van der Waals surface area contributed by atoms with Crippen molar-refractivity contribution in [2.24, 2.45) is 0 Å². The lowest BCUT2D eigenvalue weighted by atomic mass is 10.1. The van der Waals surface area contributed by atoms with Crippen molar-refractivity contribution in [3.63, 3.8) is 0 Å². The van der Waals surface area contributed by atoms with Crippen molar-refractivity contribution in [2.45, 2.75) is 39.4 Å². The summed E-state index contributed by atoms with van der Waals surface area (Å²) in [5, 5.41) is 3.26. The lowest BCUT2D eigenvalue weighted by Crippen LogP contribution is -2.52. The van der Waals surface area contributed by atoms with Crippen LogP contribution in [0, 0.1) is 3.57 Å². The fraction of sp³-hybridized carbons (Fsp3) is 0.364. The average molecular weight is 592 g/mol. The second-order valence-electron chi connectivity index (χ2n) is 7.70. The monoisotopic (exact) mass is 591 g/mol. The van der Waals surface area contributed by atoms with Gasteiger partial charge in [0.05, 0.1) is 11.9 Å². The van der Waals surface area contributed by atoms with Crippen molar-refractivity contribution < 1.29 is 18.0 Å². The Morgan fingerprint density at radius 1 is 1.06 bits per heavy atom. The highest BCUT2D eigenvalue weighted by molar-refractivity contribution is 14.1. The number of hydrogen-bond donors (Lipinski definition) is 1. The van der Waals surface area contributed by atoms with Crippen LogP contribution in [0.3, 0.4) is 0 Å². The third kappa shape index (κ3) is 7.35. The summed E-state index contributed by atoms with van der Waals surface area (Å²) in [6.45, 7) is 4.89. The van der Waals surface area contributed by atoms with E-state index in [1.54, 1.807) is 55.5 Å². The lowest BCUT2D eigenvalue weighted by Gasteiger charge is -2.32. The highest BCUT2D eigenvalue weighted by Crippen LogP contribution is 2.22. The Labute approximate surface area is 208 Å². The number of amides is 2. The molecular weight excluding hydrogens is 565 g/mol. The molecule has 2 aromatic carbocycles. The van der Waals surface area contributed by atoms with Gasteiger partial charge in [-0.05, 0) is 79.3 Å². The number of hydrogen-bond acceptors (Lipinski definition) is 4. The Bertz CT molecular complexity index is 1060. The first-order valence-corrected chi connectivity index (χ1v) is 13.3. The minimum Gasteiger partial charge on any atom is -0.352 e. The van der Waals surface area contributed by atoms with Gasteiger partial charge < -0.3 is 10.2 Å². The predicted octanol–water partition coefficient (Wildman–Crippen LogP) is 3.65. The number of nitrogens with zero attached hydrogens (tertiary/aromatic N) is 2. The Morgan fingerprint density at radius 3 is 2.19 bits per heavy atom. The highest BCUT2D eigenvalue weighted by atomic mass is 127. The number of benzene rings is 2. The van der Waals surface area contributed by atoms with E-state index in [1.165, 1.54) is 4.90 Å².